The molecule has 2 fully saturated rings. The third-order valence-corrected chi connectivity index (χ3v) is 5.57. The summed E-state index contributed by atoms with van der Waals surface area (Å²) < 4.78 is 0. The van der Waals surface area contributed by atoms with Crippen molar-refractivity contribution < 1.29 is 0 Å². The van der Waals surface area contributed by atoms with Crippen molar-refractivity contribution in [2.45, 2.75) is 78.6 Å². The maximum Gasteiger partial charge on any atom is -0.0212 e. The normalized spacial score (nSPS) is 45.4. The largest absolute Gasteiger partial charge is 0.0654 e. The van der Waals surface area contributed by atoms with Crippen molar-refractivity contribution in [3.05, 3.63) is 0 Å². The van der Waals surface area contributed by atoms with Gasteiger partial charge in [0.05, 0.1) is 0 Å². The number of hydrogen-bond acceptors (Lipinski definition) is 0. The van der Waals surface area contributed by atoms with Crippen molar-refractivity contribution in [1.82, 2.24) is 0 Å². The van der Waals surface area contributed by atoms with Crippen molar-refractivity contribution in [3.63, 3.8) is 0 Å². The van der Waals surface area contributed by atoms with Crippen molar-refractivity contribution in [1.29, 1.82) is 0 Å². The summed E-state index contributed by atoms with van der Waals surface area (Å²) in [5, 5.41) is 0. The predicted octanol–water partition coefficient (Wildman–Crippen LogP) is 5.17. The lowest BCUT2D eigenvalue weighted by molar-refractivity contribution is 0.221. The Kier molecular flexibility index (Phi) is 3.14. The SMILES string of the molecule is CCCCC1(C)CC12CCCCCC2C. The Morgan fingerprint density at radius 3 is 2.73 bits per heavy atom. The Labute approximate surface area is 95.8 Å². The Morgan fingerprint density at radius 1 is 1.20 bits per heavy atom. The van der Waals surface area contributed by atoms with Gasteiger partial charge in [0.1, 0.15) is 0 Å². The summed E-state index contributed by atoms with van der Waals surface area (Å²) in [4.78, 5) is 0. The summed E-state index contributed by atoms with van der Waals surface area (Å²) in [5.41, 5.74) is 1.51. The highest BCUT2D eigenvalue weighted by Gasteiger charge is 2.64. The van der Waals surface area contributed by atoms with Gasteiger partial charge in [-0.3, -0.25) is 0 Å². The van der Waals surface area contributed by atoms with Gasteiger partial charge in [-0.05, 0) is 36.0 Å². The van der Waals surface area contributed by atoms with E-state index < -0.39 is 0 Å². The van der Waals surface area contributed by atoms with Gasteiger partial charge in [-0.1, -0.05) is 59.3 Å². The molecule has 2 aliphatic carbocycles. The van der Waals surface area contributed by atoms with E-state index in [1.54, 1.807) is 6.42 Å². The van der Waals surface area contributed by atoms with Crippen LogP contribution in [-0.2, 0) is 0 Å². The van der Waals surface area contributed by atoms with E-state index in [4.69, 9.17) is 0 Å². The van der Waals surface area contributed by atoms with Gasteiger partial charge < -0.3 is 0 Å². The van der Waals surface area contributed by atoms with Gasteiger partial charge in [-0.25, -0.2) is 0 Å². The average Bonchev–Trinajstić information content (AvgIpc) is 2.86. The summed E-state index contributed by atoms with van der Waals surface area (Å²) in [6, 6.07) is 0. The molecule has 0 aliphatic heterocycles. The Hall–Kier alpha value is 0. The molecule has 3 atom stereocenters. The van der Waals surface area contributed by atoms with Crippen LogP contribution in [0.1, 0.15) is 78.6 Å². The molecule has 0 aromatic carbocycles. The number of hydrogen-bond donors (Lipinski definition) is 0. The molecular formula is C15H28. The van der Waals surface area contributed by atoms with Crippen LogP contribution in [0.3, 0.4) is 0 Å². The van der Waals surface area contributed by atoms with E-state index in [9.17, 15) is 0 Å². The molecule has 2 aliphatic rings. The third kappa shape index (κ3) is 1.85. The number of unbranched alkanes of at least 4 members (excludes halogenated alkanes) is 1. The Balaban J connectivity index is 2.01. The van der Waals surface area contributed by atoms with E-state index in [1.807, 2.05) is 0 Å². The maximum atomic E-state index is 2.57. The van der Waals surface area contributed by atoms with E-state index >= 15 is 0 Å². The zero-order valence-corrected chi connectivity index (χ0v) is 10.9. The molecule has 88 valence electrons. The molecule has 0 N–H and O–H groups in total. The van der Waals surface area contributed by atoms with Crippen LogP contribution in [-0.4, -0.2) is 0 Å². The van der Waals surface area contributed by atoms with Crippen LogP contribution >= 0.6 is 0 Å². The minimum absolute atomic E-state index is 0.729. The molecule has 15 heavy (non-hydrogen) atoms. The van der Waals surface area contributed by atoms with E-state index in [0.717, 1.165) is 16.7 Å². The van der Waals surface area contributed by atoms with Crippen LogP contribution in [0, 0.1) is 16.7 Å². The van der Waals surface area contributed by atoms with Gasteiger partial charge >= 0.3 is 0 Å². The monoisotopic (exact) mass is 208 g/mol. The van der Waals surface area contributed by atoms with Gasteiger partial charge in [0, 0.05) is 0 Å². The lowest BCUT2D eigenvalue weighted by Crippen LogP contribution is -2.19. The molecule has 3 unspecified atom stereocenters. The molecule has 0 nitrogen and oxygen atoms in total. The maximum absolute atomic E-state index is 2.57. The standard InChI is InChI=1S/C15H28/c1-4-5-10-14(3)12-15(14)11-8-6-7-9-13(15)2/h13H,4-12H2,1-3H3. The van der Waals surface area contributed by atoms with Gasteiger partial charge in [0.2, 0.25) is 0 Å². The lowest BCUT2D eigenvalue weighted by Gasteiger charge is -2.27. The lowest BCUT2D eigenvalue weighted by atomic mass is 9.78. The Morgan fingerprint density at radius 2 is 2.00 bits per heavy atom. The first-order valence-electron chi connectivity index (χ1n) is 7.15. The molecule has 1 spiro atoms. The minimum atomic E-state index is 0.729. The second-order valence-electron chi connectivity index (χ2n) is 6.50. The molecule has 0 saturated heterocycles. The van der Waals surface area contributed by atoms with Crippen molar-refractivity contribution >= 4 is 0 Å². The molecule has 0 amide bonds. The summed E-state index contributed by atoms with van der Waals surface area (Å²) in [6.07, 6.45) is 13.4. The van der Waals surface area contributed by atoms with Gasteiger partial charge in [-0.2, -0.15) is 0 Å². The number of rotatable bonds is 3. The molecule has 2 saturated carbocycles. The van der Waals surface area contributed by atoms with Crippen LogP contribution in [0.5, 0.6) is 0 Å². The average molecular weight is 208 g/mol. The van der Waals surface area contributed by atoms with E-state index in [1.165, 1.54) is 51.4 Å². The van der Waals surface area contributed by atoms with E-state index in [2.05, 4.69) is 20.8 Å². The highest BCUT2D eigenvalue weighted by Crippen LogP contribution is 2.73. The topological polar surface area (TPSA) is 0 Å². The molecular weight excluding hydrogens is 180 g/mol. The van der Waals surface area contributed by atoms with E-state index in [0.29, 0.717) is 0 Å². The van der Waals surface area contributed by atoms with Gasteiger partial charge in [0.25, 0.3) is 0 Å². The summed E-state index contributed by atoms with van der Waals surface area (Å²) in [7, 11) is 0. The first-order valence-corrected chi connectivity index (χ1v) is 7.15. The molecule has 0 aromatic heterocycles. The molecule has 0 aromatic rings. The summed E-state index contributed by atoms with van der Waals surface area (Å²) >= 11 is 0. The second kappa shape index (κ2) is 4.11. The fourth-order valence-electron chi connectivity index (χ4n) is 4.31. The van der Waals surface area contributed by atoms with Crippen molar-refractivity contribution in [2.75, 3.05) is 0 Å². The van der Waals surface area contributed by atoms with Crippen LogP contribution in [0.15, 0.2) is 0 Å². The quantitative estimate of drug-likeness (QED) is 0.600. The zero-order valence-electron chi connectivity index (χ0n) is 10.9. The summed E-state index contributed by atoms with van der Waals surface area (Å²) in [5.74, 6) is 1.00. The molecule has 0 heteroatoms. The van der Waals surface area contributed by atoms with Crippen molar-refractivity contribution in [2.24, 2.45) is 16.7 Å². The smallest absolute Gasteiger partial charge is 0.0212 e. The third-order valence-electron chi connectivity index (χ3n) is 5.57. The molecule has 0 bridgehead atoms. The molecule has 0 heterocycles. The van der Waals surface area contributed by atoms with Gasteiger partial charge in [-0.15, -0.1) is 0 Å². The fraction of sp³-hybridized carbons (Fsp3) is 1.00. The van der Waals surface area contributed by atoms with E-state index in [-0.39, 0.29) is 0 Å². The highest BCUT2D eigenvalue weighted by molar-refractivity contribution is 5.13. The van der Waals surface area contributed by atoms with Crippen LogP contribution < -0.4 is 0 Å². The highest BCUT2D eigenvalue weighted by atomic mass is 14.7. The fourth-order valence-corrected chi connectivity index (χ4v) is 4.31. The zero-order chi connectivity index (χ0) is 10.9. The Bertz CT molecular complexity index is 220. The van der Waals surface area contributed by atoms with Crippen molar-refractivity contribution in [3.8, 4) is 0 Å². The first kappa shape index (κ1) is 11.5. The first-order chi connectivity index (χ1) is 7.15. The van der Waals surface area contributed by atoms with Crippen LogP contribution in [0.2, 0.25) is 0 Å². The van der Waals surface area contributed by atoms with Crippen LogP contribution in [0.4, 0.5) is 0 Å². The second-order valence-corrected chi connectivity index (χ2v) is 6.50. The van der Waals surface area contributed by atoms with Gasteiger partial charge in [0.15, 0.2) is 0 Å². The molecule has 0 radical (unpaired) electrons. The van der Waals surface area contributed by atoms with Crippen LogP contribution in [0.25, 0.3) is 0 Å². The minimum Gasteiger partial charge on any atom is -0.0654 e. The summed E-state index contributed by atoms with van der Waals surface area (Å²) in [6.45, 7) is 7.43. The predicted molar refractivity (Wildman–Crippen MR) is 66.9 cm³/mol. The molecule has 2 rings (SSSR count).